The minimum absolute atomic E-state index is 0.137. The smallest absolute Gasteiger partial charge is 0.266 e. The molecule has 0 aliphatic carbocycles. The van der Waals surface area contributed by atoms with Gasteiger partial charge in [0.2, 0.25) is 5.91 Å². The highest BCUT2D eigenvalue weighted by Crippen LogP contribution is 2.29. The molecule has 0 radical (unpaired) electrons. The second-order valence-corrected chi connectivity index (χ2v) is 10.4. The maximum Gasteiger partial charge on any atom is 0.266 e. The fraction of sp³-hybridized carbons (Fsp3) is 0.258. The lowest BCUT2D eigenvalue weighted by Crippen LogP contribution is -2.49. The van der Waals surface area contributed by atoms with E-state index in [9.17, 15) is 9.59 Å². The first-order valence-electron chi connectivity index (χ1n) is 13.0. The summed E-state index contributed by atoms with van der Waals surface area (Å²) in [4.78, 5) is 29.8. The summed E-state index contributed by atoms with van der Waals surface area (Å²) in [7, 11) is 0. The number of aromatic nitrogens is 2. The molecule has 0 atom stereocenters. The zero-order valence-corrected chi connectivity index (χ0v) is 22.8. The van der Waals surface area contributed by atoms with Crippen LogP contribution in [0.3, 0.4) is 0 Å². The van der Waals surface area contributed by atoms with Crippen LogP contribution in [0.4, 0.5) is 0 Å². The van der Waals surface area contributed by atoms with Gasteiger partial charge in [0.15, 0.2) is 0 Å². The van der Waals surface area contributed by atoms with Gasteiger partial charge >= 0.3 is 0 Å². The number of carbonyl (C=O) groups is 1. The van der Waals surface area contributed by atoms with Gasteiger partial charge in [-0.3, -0.25) is 14.5 Å². The number of amides is 1. The molecular weight excluding hydrogens is 540 g/mol. The van der Waals surface area contributed by atoms with Gasteiger partial charge in [-0.15, -0.1) is 0 Å². The highest BCUT2D eigenvalue weighted by molar-refractivity contribution is 9.10. The summed E-state index contributed by atoms with van der Waals surface area (Å²) in [6, 6.07) is 32.4. The van der Waals surface area contributed by atoms with Gasteiger partial charge in [-0.2, -0.15) is 5.10 Å². The number of piperazine rings is 1. The van der Waals surface area contributed by atoms with Crippen molar-refractivity contribution in [3.63, 3.8) is 0 Å². The van der Waals surface area contributed by atoms with Crippen molar-refractivity contribution in [3.8, 4) is 11.3 Å². The zero-order valence-electron chi connectivity index (χ0n) is 21.2. The lowest BCUT2D eigenvalue weighted by atomic mass is 9.96. The molecule has 2 heterocycles. The Morgan fingerprint density at radius 2 is 1.39 bits per heavy atom. The van der Waals surface area contributed by atoms with E-state index in [0.717, 1.165) is 28.8 Å². The maximum absolute atomic E-state index is 13.0. The molecule has 7 heteroatoms. The third-order valence-corrected chi connectivity index (χ3v) is 7.56. The summed E-state index contributed by atoms with van der Waals surface area (Å²) in [5.74, 6) is 0.137. The van der Waals surface area contributed by atoms with Crippen LogP contribution in [-0.2, 0) is 11.3 Å². The molecular formula is C31H31BrN4O2. The van der Waals surface area contributed by atoms with Crippen LogP contribution in [0.25, 0.3) is 11.3 Å². The zero-order chi connectivity index (χ0) is 26.3. The average molecular weight is 572 g/mol. The topological polar surface area (TPSA) is 58.4 Å². The Morgan fingerprint density at radius 1 is 0.789 bits per heavy atom. The van der Waals surface area contributed by atoms with Crippen LogP contribution < -0.4 is 5.56 Å². The van der Waals surface area contributed by atoms with Crippen molar-refractivity contribution >= 4 is 21.8 Å². The quantitative estimate of drug-likeness (QED) is 0.285. The predicted octanol–water partition coefficient (Wildman–Crippen LogP) is 5.39. The summed E-state index contributed by atoms with van der Waals surface area (Å²) < 4.78 is 2.46. The molecule has 1 saturated heterocycles. The summed E-state index contributed by atoms with van der Waals surface area (Å²) in [5, 5.41) is 4.53. The fourth-order valence-corrected chi connectivity index (χ4v) is 5.30. The van der Waals surface area contributed by atoms with Gasteiger partial charge in [-0.1, -0.05) is 88.7 Å². The van der Waals surface area contributed by atoms with Crippen LogP contribution in [-0.4, -0.2) is 51.7 Å². The molecule has 1 amide bonds. The first-order valence-corrected chi connectivity index (χ1v) is 13.8. The first kappa shape index (κ1) is 26.1. The maximum atomic E-state index is 13.0. The van der Waals surface area contributed by atoms with Crippen LogP contribution in [0, 0.1) is 0 Å². The summed E-state index contributed by atoms with van der Waals surface area (Å²) in [6.45, 7) is 3.45. The lowest BCUT2D eigenvalue weighted by molar-refractivity contribution is -0.133. The van der Waals surface area contributed by atoms with Gasteiger partial charge < -0.3 is 4.90 Å². The number of hydrogen-bond acceptors (Lipinski definition) is 4. The van der Waals surface area contributed by atoms with Crippen molar-refractivity contribution in [2.75, 3.05) is 26.2 Å². The van der Waals surface area contributed by atoms with Gasteiger partial charge in [-0.25, -0.2) is 4.68 Å². The van der Waals surface area contributed by atoms with E-state index in [0.29, 0.717) is 32.5 Å². The van der Waals surface area contributed by atoms with E-state index in [-0.39, 0.29) is 17.5 Å². The molecule has 5 rings (SSSR count). The Labute approximate surface area is 231 Å². The Kier molecular flexibility index (Phi) is 8.46. The van der Waals surface area contributed by atoms with Crippen molar-refractivity contribution in [2.45, 2.75) is 25.4 Å². The van der Waals surface area contributed by atoms with Crippen molar-refractivity contribution in [2.24, 2.45) is 0 Å². The molecule has 1 aromatic heterocycles. The molecule has 0 spiro atoms. The molecule has 4 aromatic rings. The number of carbonyl (C=O) groups excluding carboxylic acids is 1. The van der Waals surface area contributed by atoms with Crippen molar-refractivity contribution < 1.29 is 4.79 Å². The number of benzene rings is 3. The third-order valence-electron chi connectivity index (χ3n) is 7.03. The Morgan fingerprint density at radius 3 is 2.00 bits per heavy atom. The molecule has 6 nitrogen and oxygen atoms in total. The monoisotopic (exact) mass is 570 g/mol. The molecule has 0 N–H and O–H groups in total. The van der Waals surface area contributed by atoms with E-state index < -0.39 is 0 Å². The van der Waals surface area contributed by atoms with E-state index >= 15 is 0 Å². The van der Waals surface area contributed by atoms with Crippen molar-refractivity contribution in [1.82, 2.24) is 19.6 Å². The van der Waals surface area contributed by atoms with Gasteiger partial charge in [0.25, 0.3) is 5.56 Å². The van der Waals surface area contributed by atoms with Crippen LogP contribution in [0.2, 0.25) is 0 Å². The summed E-state index contributed by atoms with van der Waals surface area (Å²) >= 11 is 3.44. The molecule has 3 aromatic carbocycles. The minimum Gasteiger partial charge on any atom is -0.340 e. The van der Waals surface area contributed by atoms with Crippen LogP contribution in [0.15, 0.2) is 106 Å². The second-order valence-electron chi connectivity index (χ2n) is 9.53. The van der Waals surface area contributed by atoms with Crippen molar-refractivity contribution in [3.05, 3.63) is 123 Å². The standard InChI is InChI=1S/C31H31BrN4O2/c32-27-15-13-24(14-16-27)28-17-18-30(38)36(33-28)19-7-12-29(37)34-20-22-35(23-21-34)31(25-8-3-1-4-9-25)26-10-5-2-6-11-26/h1-6,8-11,13-18,31H,7,12,19-23H2. The van der Waals surface area contributed by atoms with Gasteiger partial charge in [0.1, 0.15) is 0 Å². The summed E-state index contributed by atoms with van der Waals surface area (Å²) in [5.41, 5.74) is 4.06. The Hall–Kier alpha value is -3.55. The first-order chi connectivity index (χ1) is 18.6. The largest absolute Gasteiger partial charge is 0.340 e. The van der Waals surface area contributed by atoms with Gasteiger partial charge in [-0.05, 0) is 35.7 Å². The molecule has 38 heavy (non-hydrogen) atoms. The molecule has 0 bridgehead atoms. The van der Waals surface area contributed by atoms with E-state index in [1.807, 2.05) is 41.3 Å². The lowest BCUT2D eigenvalue weighted by Gasteiger charge is -2.40. The number of nitrogens with zero attached hydrogens (tertiary/aromatic N) is 4. The number of halogens is 1. The van der Waals surface area contributed by atoms with Crippen LogP contribution in [0.5, 0.6) is 0 Å². The number of hydrogen-bond donors (Lipinski definition) is 0. The van der Waals surface area contributed by atoms with Gasteiger partial charge in [0, 0.05) is 55.2 Å². The third kappa shape index (κ3) is 6.29. The van der Waals surface area contributed by atoms with E-state index in [2.05, 4.69) is 74.5 Å². The summed E-state index contributed by atoms with van der Waals surface area (Å²) in [6.07, 6.45) is 0.976. The van der Waals surface area contributed by atoms with E-state index in [4.69, 9.17) is 0 Å². The van der Waals surface area contributed by atoms with E-state index in [1.54, 1.807) is 12.1 Å². The second kappa shape index (κ2) is 12.3. The average Bonchev–Trinajstić information content (AvgIpc) is 2.96. The normalized spacial score (nSPS) is 14.1. The highest BCUT2D eigenvalue weighted by atomic mass is 79.9. The highest BCUT2D eigenvalue weighted by Gasteiger charge is 2.27. The van der Waals surface area contributed by atoms with Crippen LogP contribution in [0.1, 0.15) is 30.0 Å². The van der Waals surface area contributed by atoms with Gasteiger partial charge in [0.05, 0.1) is 11.7 Å². The number of rotatable bonds is 8. The minimum atomic E-state index is -0.153. The van der Waals surface area contributed by atoms with E-state index in [1.165, 1.54) is 15.8 Å². The molecule has 194 valence electrons. The number of aryl methyl sites for hydroxylation is 1. The SMILES string of the molecule is O=C(CCCn1nc(-c2ccc(Br)cc2)ccc1=O)N1CCN(C(c2ccccc2)c2ccccc2)CC1. The predicted molar refractivity (Wildman–Crippen MR) is 154 cm³/mol. The molecule has 0 saturated carbocycles. The molecule has 1 aliphatic heterocycles. The fourth-order valence-electron chi connectivity index (χ4n) is 5.04. The Balaban J connectivity index is 1.17. The molecule has 1 fully saturated rings. The van der Waals surface area contributed by atoms with Crippen molar-refractivity contribution in [1.29, 1.82) is 0 Å². The van der Waals surface area contributed by atoms with Crippen LogP contribution >= 0.6 is 15.9 Å². The Bertz CT molecular complexity index is 1360. The molecule has 0 unspecified atom stereocenters. The molecule has 1 aliphatic rings.